The number of aliphatic hydroxyl groups excluding tert-OH is 2. The van der Waals surface area contributed by atoms with E-state index in [1.165, 1.54) is 6.42 Å². The molecule has 4 N–H and O–H groups in total. The maximum absolute atomic E-state index is 13.9. The molecule has 6 rings (SSSR count). The van der Waals surface area contributed by atoms with Crippen LogP contribution in [0, 0.1) is 29.1 Å². The van der Waals surface area contributed by atoms with E-state index in [2.05, 4.69) is 31.4 Å². The predicted octanol–water partition coefficient (Wildman–Crippen LogP) is 4.15. The highest BCUT2D eigenvalue weighted by atomic mass is 16.7. The number of hydroxylamine groups is 2. The molecule has 228 valence electrons. The molecule has 1 saturated heterocycles. The number of hydrogen-bond acceptors (Lipinski definition) is 6. The summed E-state index contributed by atoms with van der Waals surface area (Å²) in [5, 5.41) is 28.7. The van der Waals surface area contributed by atoms with Crippen molar-refractivity contribution in [3.05, 3.63) is 59.7 Å². The van der Waals surface area contributed by atoms with Gasteiger partial charge in [-0.3, -0.25) is 14.4 Å². The standard InChI is InChI=1S/C34H47N3O5/c1-6-13-35-32(40)25-12-8-11-24(15-25)23-10-7-9-22(14-23)18-37-31(30(21(3)39)29(19-38)42-37)33(41)36-28-17-26-16-27(20(28)2)34(26,4)5/h7-12,14-15,20-21,26-31,38-39H,6,13,16-19H2,1-5H3,(H,35,40)(H,36,41)/t20-,21-,26-,27+,28-,29-,30+,31-/m0/s1. The van der Waals surface area contributed by atoms with E-state index in [1.807, 2.05) is 55.5 Å². The van der Waals surface area contributed by atoms with Crippen molar-refractivity contribution >= 4 is 11.8 Å². The molecule has 0 aromatic heterocycles. The third kappa shape index (κ3) is 5.87. The van der Waals surface area contributed by atoms with Gasteiger partial charge in [0, 0.05) is 24.1 Å². The normalized spacial score (nSPS) is 30.8. The Bertz CT molecular complexity index is 1280. The van der Waals surface area contributed by atoms with E-state index in [1.54, 1.807) is 12.0 Å². The summed E-state index contributed by atoms with van der Waals surface area (Å²) in [5.41, 5.74) is 3.71. The first kappa shape index (κ1) is 30.7. The number of hydrogen-bond donors (Lipinski definition) is 4. The van der Waals surface area contributed by atoms with Gasteiger partial charge in [0.05, 0.1) is 19.3 Å². The molecule has 1 aliphatic heterocycles. The average Bonchev–Trinajstić information content (AvgIpc) is 3.35. The average molecular weight is 578 g/mol. The van der Waals surface area contributed by atoms with Gasteiger partial charge >= 0.3 is 0 Å². The van der Waals surface area contributed by atoms with Crippen molar-refractivity contribution in [1.29, 1.82) is 0 Å². The van der Waals surface area contributed by atoms with Gasteiger partial charge in [0.1, 0.15) is 12.1 Å². The molecule has 0 radical (unpaired) electrons. The van der Waals surface area contributed by atoms with Gasteiger partial charge in [-0.15, -0.1) is 0 Å². The summed E-state index contributed by atoms with van der Waals surface area (Å²) in [6.45, 7) is 11.2. The first-order valence-electron chi connectivity index (χ1n) is 15.5. The van der Waals surface area contributed by atoms with Crippen LogP contribution >= 0.6 is 0 Å². The van der Waals surface area contributed by atoms with E-state index in [0.29, 0.717) is 41.8 Å². The molecular formula is C34H47N3O5. The van der Waals surface area contributed by atoms with Gasteiger partial charge < -0.3 is 20.8 Å². The Hall–Kier alpha value is -2.78. The van der Waals surface area contributed by atoms with Crippen molar-refractivity contribution in [2.45, 2.75) is 84.7 Å². The number of nitrogens with one attached hydrogen (secondary N) is 2. The largest absolute Gasteiger partial charge is 0.394 e. The van der Waals surface area contributed by atoms with Crippen LogP contribution in [-0.4, -0.2) is 64.5 Å². The third-order valence-electron chi connectivity index (χ3n) is 10.3. The molecule has 2 aromatic carbocycles. The van der Waals surface area contributed by atoms with Crippen LogP contribution < -0.4 is 10.6 Å². The lowest BCUT2D eigenvalue weighted by Gasteiger charge is -2.62. The van der Waals surface area contributed by atoms with Gasteiger partial charge in [0.2, 0.25) is 5.91 Å². The Morgan fingerprint density at radius 3 is 2.48 bits per heavy atom. The lowest BCUT2D eigenvalue weighted by Crippen LogP contribution is -2.62. The van der Waals surface area contributed by atoms with E-state index < -0.39 is 24.2 Å². The van der Waals surface area contributed by atoms with Gasteiger partial charge in [-0.25, -0.2) is 0 Å². The number of rotatable bonds is 10. The van der Waals surface area contributed by atoms with Crippen LogP contribution in [0.15, 0.2) is 48.5 Å². The molecule has 4 fully saturated rings. The monoisotopic (exact) mass is 577 g/mol. The van der Waals surface area contributed by atoms with E-state index in [0.717, 1.165) is 29.5 Å². The highest BCUT2D eigenvalue weighted by Gasteiger charge is 2.57. The summed E-state index contributed by atoms with van der Waals surface area (Å²) >= 11 is 0. The Morgan fingerprint density at radius 2 is 1.83 bits per heavy atom. The molecule has 4 aliphatic rings. The minimum absolute atomic E-state index is 0.0871. The second kappa shape index (κ2) is 12.4. The fourth-order valence-electron chi connectivity index (χ4n) is 7.69. The lowest BCUT2D eigenvalue weighted by atomic mass is 9.45. The van der Waals surface area contributed by atoms with Crippen molar-refractivity contribution in [2.75, 3.05) is 13.2 Å². The Morgan fingerprint density at radius 1 is 1.12 bits per heavy atom. The summed E-state index contributed by atoms with van der Waals surface area (Å²) in [7, 11) is 0. The van der Waals surface area contributed by atoms with E-state index in [-0.39, 0.29) is 24.5 Å². The molecule has 1 heterocycles. The number of carbonyl (C=O) groups excluding carboxylic acids is 2. The van der Waals surface area contributed by atoms with Gasteiger partial charge in [-0.2, -0.15) is 5.06 Å². The first-order chi connectivity index (χ1) is 20.0. The molecule has 2 bridgehead atoms. The quantitative estimate of drug-likeness (QED) is 0.338. The molecule has 0 unspecified atom stereocenters. The van der Waals surface area contributed by atoms with Gasteiger partial charge in [0.15, 0.2) is 0 Å². The molecule has 2 amide bonds. The number of benzene rings is 2. The highest BCUT2D eigenvalue weighted by molar-refractivity contribution is 5.95. The number of carbonyl (C=O) groups is 2. The number of nitrogens with zero attached hydrogens (tertiary/aromatic N) is 1. The van der Waals surface area contributed by atoms with Crippen molar-refractivity contribution in [2.24, 2.45) is 29.1 Å². The predicted molar refractivity (Wildman–Crippen MR) is 162 cm³/mol. The van der Waals surface area contributed by atoms with Gasteiger partial charge in [-0.05, 0) is 84.2 Å². The second-order valence-electron chi connectivity index (χ2n) is 13.3. The van der Waals surface area contributed by atoms with Crippen LogP contribution in [0.2, 0.25) is 0 Å². The minimum Gasteiger partial charge on any atom is -0.394 e. The molecule has 8 nitrogen and oxygen atoms in total. The number of amides is 2. The molecule has 3 saturated carbocycles. The minimum atomic E-state index is -0.841. The summed E-state index contributed by atoms with van der Waals surface area (Å²) in [6.07, 6.45) is 1.54. The fraction of sp³-hybridized carbons (Fsp3) is 0.588. The molecule has 0 spiro atoms. The zero-order chi connectivity index (χ0) is 30.2. The van der Waals surface area contributed by atoms with E-state index in [4.69, 9.17) is 4.84 Å². The van der Waals surface area contributed by atoms with Crippen molar-refractivity contribution < 1.29 is 24.6 Å². The molecular weight excluding hydrogens is 530 g/mol. The zero-order valence-electron chi connectivity index (χ0n) is 25.5. The molecule has 8 heteroatoms. The Labute approximate surface area is 249 Å². The lowest BCUT2D eigenvalue weighted by molar-refractivity contribution is -0.183. The fourth-order valence-corrected chi connectivity index (χ4v) is 7.69. The maximum Gasteiger partial charge on any atom is 0.251 e. The number of aliphatic hydroxyl groups is 2. The van der Waals surface area contributed by atoms with Crippen LogP contribution in [0.25, 0.3) is 11.1 Å². The van der Waals surface area contributed by atoms with Crippen LogP contribution in [0.1, 0.15) is 69.8 Å². The Balaban J connectivity index is 1.35. The third-order valence-corrected chi connectivity index (χ3v) is 10.3. The van der Waals surface area contributed by atoms with Gasteiger partial charge in [0.25, 0.3) is 5.91 Å². The molecule has 3 aliphatic carbocycles. The zero-order valence-corrected chi connectivity index (χ0v) is 25.5. The summed E-state index contributed by atoms with van der Waals surface area (Å²) < 4.78 is 0. The summed E-state index contributed by atoms with van der Waals surface area (Å²) in [6, 6.07) is 14.8. The first-order valence-corrected chi connectivity index (χ1v) is 15.5. The topological polar surface area (TPSA) is 111 Å². The van der Waals surface area contributed by atoms with Gasteiger partial charge in [-0.1, -0.05) is 58.0 Å². The van der Waals surface area contributed by atoms with Crippen molar-refractivity contribution in [3.63, 3.8) is 0 Å². The molecule has 42 heavy (non-hydrogen) atoms. The van der Waals surface area contributed by atoms with E-state index >= 15 is 0 Å². The maximum atomic E-state index is 13.9. The summed E-state index contributed by atoms with van der Waals surface area (Å²) in [5.74, 6) is 0.753. The summed E-state index contributed by atoms with van der Waals surface area (Å²) in [4.78, 5) is 32.6. The van der Waals surface area contributed by atoms with Crippen molar-refractivity contribution in [3.8, 4) is 11.1 Å². The van der Waals surface area contributed by atoms with Crippen molar-refractivity contribution in [1.82, 2.24) is 15.7 Å². The second-order valence-corrected chi connectivity index (χ2v) is 13.3. The van der Waals surface area contributed by atoms with Crippen LogP contribution in [0.5, 0.6) is 0 Å². The molecule has 2 aromatic rings. The van der Waals surface area contributed by atoms with Crippen LogP contribution in [0.3, 0.4) is 0 Å². The molecule has 8 atom stereocenters. The highest BCUT2D eigenvalue weighted by Crippen LogP contribution is 2.61. The number of fused-ring (bicyclic) bond motifs is 2. The van der Waals surface area contributed by atoms with Crippen LogP contribution in [-0.2, 0) is 16.2 Å². The van der Waals surface area contributed by atoms with Crippen LogP contribution in [0.4, 0.5) is 0 Å². The Kier molecular flexibility index (Phi) is 9.09. The SMILES string of the molecule is CCCNC(=O)c1cccc(-c2cccc(CN3O[C@@H](CO)[C@@H]([C@H](C)O)[C@H]3C(=O)N[C@H]3C[C@@H]4C[C@H]([C@@H]3C)C4(C)C)c2)c1. The van der Waals surface area contributed by atoms with E-state index in [9.17, 15) is 19.8 Å². The smallest absolute Gasteiger partial charge is 0.251 e.